The van der Waals surface area contributed by atoms with E-state index in [1.165, 1.54) is 0 Å². The Hall–Kier alpha value is -3.14. The quantitative estimate of drug-likeness (QED) is 0.578. The highest BCUT2D eigenvalue weighted by molar-refractivity contribution is 5.96. The van der Waals surface area contributed by atoms with Crippen molar-refractivity contribution in [3.05, 3.63) is 77.6 Å². The third-order valence-electron chi connectivity index (χ3n) is 3.28. The van der Waals surface area contributed by atoms with Gasteiger partial charge in [0.1, 0.15) is 5.58 Å². The first-order valence-corrected chi connectivity index (χ1v) is 7.28. The number of benzene rings is 2. The molecule has 4 heteroatoms. The van der Waals surface area contributed by atoms with E-state index in [-0.39, 0.29) is 11.7 Å². The van der Waals surface area contributed by atoms with E-state index in [1.807, 2.05) is 67.6 Å². The van der Waals surface area contributed by atoms with Gasteiger partial charge in [0.15, 0.2) is 5.76 Å². The van der Waals surface area contributed by atoms with E-state index in [2.05, 4.69) is 10.5 Å². The van der Waals surface area contributed by atoms with E-state index < -0.39 is 0 Å². The zero-order valence-corrected chi connectivity index (χ0v) is 12.7. The van der Waals surface area contributed by atoms with Crippen LogP contribution in [0.25, 0.3) is 17.0 Å². The van der Waals surface area contributed by atoms with Crippen molar-refractivity contribution in [2.24, 2.45) is 5.10 Å². The Bertz CT molecular complexity index is 844. The van der Waals surface area contributed by atoms with Gasteiger partial charge in [-0.05, 0) is 30.2 Å². The maximum atomic E-state index is 12.0. The molecule has 1 heterocycles. The lowest BCUT2D eigenvalue weighted by Crippen LogP contribution is -2.16. The summed E-state index contributed by atoms with van der Waals surface area (Å²) in [7, 11) is 0. The zero-order valence-electron chi connectivity index (χ0n) is 12.7. The number of carbonyl (C=O) groups excluding carboxylic acids is 1. The summed E-state index contributed by atoms with van der Waals surface area (Å²) in [5, 5.41) is 4.85. The molecule has 0 atom stereocenters. The average molecular weight is 304 g/mol. The summed E-state index contributed by atoms with van der Waals surface area (Å²) < 4.78 is 5.48. The molecule has 1 aromatic heterocycles. The molecule has 0 saturated carbocycles. The molecule has 2 aromatic carbocycles. The van der Waals surface area contributed by atoms with Gasteiger partial charge in [-0.2, -0.15) is 5.10 Å². The average Bonchev–Trinajstić information content (AvgIpc) is 3.00. The number of para-hydroxylation sites is 1. The Morgan fingerprint density at radius 2 is 1.83 bits per heavy atom. The normalized spacial score (nSPS) is 12.0. The molecular weight excluding hydrogens is 288 g/mol. The molecule has 3 rings (SSSR count). The number of carbonyl (C=O) groups is 1. The summed E-state index contributed by atoms with van der Waals surface area (Å²) >= 11 is 0. The van der Waals surface area contributed by atoms with Gasteiger partial charge < -0.3 is 4.42 Å². The number of nitrogens with one attached hydrogen (secondary N) is 1. The Balaban J connectivity index is 1.65. The van der Waals surface area contributed by atoms with E-state index in [0.29, 0.717) is 5.58 Å². The number of fused-ring (bicyclic) bond motifs is 1. The summed E-state index contributed by atoms with van der Waals surface area (Å²) in [6.07, 6.45) is 3.59. The molecule has 0 unspecified atom stereocenters. The molecule has 0 fully saturated rings. The van der Waals surface area contributed by atoms with Crippen molar-refractivity contribution in [2.45, 2.75) is 6.92 Å². The highest BCUT2D eigenvalue weighted by atomic mass is 16.3. The maximum absolute atomic E-state index is 12.0. The van der Waals surface area contributed by atoms with E-state index in [1.54, 1.807) is 12.3 Å². The first-order chi connectivity index (χ1) is 11.2. The Labute approximate surface area is 134 Å². The summed E-state index contributed by atoms with van der Waals surface area (Å²) in [6, 6.07) is 19.1. The van der Waals surface area contributed by atoms with Crippen molar-refractivity contribution in [3.63, 3.8) is 0 Å². The first kappa shape index (κ1) is 14.8. The van der Waals surface area contributed by atoms with Gasteiger partial charge in [-0.15, -0.1) is 0 Å². The standard InChI is InChI=1S/C19H16N2O2/c1-14(11-15-7-3-2-4-8-15)13-20-21-19(22)18-12-16-9-5-6-10-17(16)23-18/h2-13H,1H3,(H,21,22)/b14-11+,20-13+. The minimum absolute atomic E-state index is 0.244. The molecule has 114 valence electrons. The molecule has 0 radical (unpaired) electrons. The van der Waals surface area contributed by atoms with Crippen LogP contribution < -0.4 is 5.43 Å². The molecule has 0 spiro atoms. The number of hydrazone groups is 1. The fraction of sp³-hybridized carbons (Fsp3) is 0.0526. The second-order valence-electron chi connectivity index (χ2n) is 5.15. The first-order valence-electron chi connectivity index (χ1n) is 7.28. The minimum Gasteiger partial charge on any atom is -0.451 e. The van der Waals surface area contributed by atoms with Crippen LogP contribution in [0, 0.1) is 0 Å². The van der Waals surface area contributed by atoms with Crippen LogP contribution in [0.15, 0.2) is 75.8 Å². The molecule has 23 heavy (non-hydrogen) atoms. The number of rotatable bonds is 4. The van der Waals surface area contributed by atoms with Gasteiger partial charge in [0.25, 0.3) is 0 Å². The van der Waals surface area contributed by atoms with Gasteiger partial charge in [0.2, 0.25) is 0 Å². The lowest BCUT2D eigenvalue weighted by atomic mass is 10.1. The second kappa shape index (κ2) is 6.75. The van der Waals surface area contributed by atoms with Gasteiger partial charge >= 0.3 is 5.91 Å². The third-order valence-corrected chi connectivity index (χ3v) is 3.28. The van der Waals surface area contributed by atoms with Crippen molar-refractivity contribution in [3.8, 4) is 0 Å². The van der Waals surface area contributed by atoms with Crippen LogP contribution in [0.1, 0.15) is 23.0 Å². The molecule has 0 aliphatic heterocycles. The lowest BCUT2D eigenvalue weighted by Gasteiger charge is -1.96. The number of allylic oxidation sites excluding steroid dienone is 1. The Morgan fingerprint density at radius 3 is 2.61 bits per heavy atom. The predicted octanol–water partition coefficient (Wildman–Crippen LogP) is 4.25. The zero-order chi connectivity index (χ0) is 16.1. The molecule has 1 amide bonds. The van der Waals surface area contributed by atoms with Gasteiger partial charge in [0, 0.05) is 5.39 Å². The summed E-state index contributed by atoms with van der Waals surface area (Å²) in [5.41, 5.74) is 5.17. The van der Waals surface area contributed by atoms with Gasteiger partial charge in [0.05, 0.1) is 6.21 Å². The van der Waals surface area contributed by atoms with Crippen molar-refractivity contribution < 1.29 is 9.21 Å². The summed E-state index contributed by atoms with van der Waals surface area (Å²) in [5.74, 6) is -0.127. The third kappa shape index (κ3) is 3.74. The summed E-state index contributed by atoms with van der Waals surface area (Å²) in [4.78, 5) is 12.0. The molecule has 0 aliphatic carbocycles. The monoisotopic (exact) mass is 304 g/mol. The summed E-state index contributed by atoms with van der Waals surface area (Å²) in [6.45, 7) is 1.92. The largest absolute Gasteiger partial charge is 0.451 e. The van der Waals surface area contributed by atoms with Crippen LogP contribution >= 0.6 is 0 Å². The van der Waals surface area contributed by atoms with Crippen LogP contribution in [0.2, 0.25) is 0 Å². The topological polar surface area (TPSA) is 54.6 Å². The van der Waals surface area contributed by atoms with Gasteiger partial charge in [-0.25, -0.2) is 5.43 Å². The maximum Gasteiger partial charge on any atom is 0.307 e. The molecule has 0 saturated heterocycles. The SMILES string of the molecule is CC(/C=N/NC(=O)c1cc2ccccc2o1)=C\c1ccccc1. The van der Waals surface area contributed by atoms with E-state index in [9.17, 15) is 4.79 Å². The van der Waals surface area contributed by atoms with Crippen LogP contribution in [0.4, 0.5) is 0 Å². The van der Waals surface area contributed by atoms with Crippen LogP contribution in [0.5, 0.6) is 0 Å². The predicted molar refractivity (Wildman–Crippen MR) is 92.3 cm³/mol. The van der Waals surface area contributed by atoms with E-state index >= 15 is 0 Å². The number of furan rings is 1. The van der Waals surface area contributed by atoms with Gasteiger partial charge in [-0.3, -0.25) is 4.79 Å². The van der Waals surface area contributed by atoms with Crippen molar-refractivity contribution >= 4 is 29.2 Å². The number of amides is 1. The molecule has 3 aromatic rings. The van der Waals surface area contributed by atoms with E-state index in [4.69, 9.17) is 4.42 Å². The van der Waals surface area contributed by atoms with Crippen molar-refractivity contribution in [1.82, 2.24) is 5.43 Å². The van der Waals surface area contributed by atoms with E-state index in [0.717, 1.165) is 16.5 Å². The van der Waals surface area contributed by atoms with Crippen LogP contribution in [0.3, 0.4) is 0 Å². The van der Waals surface area contributed by atoms with Crippen molar-refractivity contribution in [1.29, 1.82) is 0 Å². The van der Waals surface area contributed by atoms with Gasteiger partial charge in [-0.1, -0.05) is 54.6 Å². The highest BCUT2D eigenvalue weighted by Crippen LogP contribution is 2.18. The molecule has 1 N–H and O–H groups in total. The van der Waals surface area contributed by atoms with Crippen molar-refractivity contribution in [2.75, 3.05) is 0 Å². The Morgan fingerprint density at radius 1 is 1.09 bits per heavy atom. The molecular formula is C19H16N2O2. The molecule has 0 bridgehead atoms. The smallest absolute Gasteiger partial charge is 0.307 e. The highest BCUT2D eigenvalue weighted by Gasteiger charge is 2.10. The fourth-order valence-corrected chi connectivity index (χ4v) is 2.19. The lowest BCUT2D eigenvalue weighted by molar-refractivity contribution is 0.0929. The molecule has 4 nitrogen and oxygen atoms in total. The van der Waals surface area contributed by atoms with Crippen LogP contribution in [-0.4, -0.2) is 12.1 Å². The Kier molecular flexibility index (Phi) is 4.34. The molecule has 0 aliphatic rings. The number of hydrogen-bond donors (Lipinski definition) is 1. The fourth-order valence-electron chi connectivity index (χ4n) is 2.19. The minimum atomic E-state index is -0.370. The number of nitrogens with zero attached hydrogens (tertiary/aromatic N) is 1. The number of hydrogen-bond acceptors (Lipinski definition) is 3. The van der Waals surface area contributed by atoms with Crippen LogP contribution in [-0.2, 0) is 0 Å². The second-order valence-corrected chi connectivity index (χ2v) is 5.15.